The van der Waals surface area contributed by atoms with Crippen LogP contribution < -0.4 is 5.32 Å². The van der Waals surface area contributed by atoms with E-state index in [1.807, 2.05) is 31.2 Å². The van der Waals surface area contributed by atoms with Gasteiger partial charge in [-0.3, -0.25) is 9.89 Å². The molecular formula is C14H14ClN3O. The molecule has 4 nitrogen and oxygen atoms in total. The smallest absolute Gasteiger partial charge is 0.244 e. The first-order valence-corrected chi connectivity index (χ1v) is 6.23. The zero-order chi connectivity index (χ0) is 13.7. The van der Waals surface area contributed by atoms with Crippen molar-refractivity contribution in [1.29, 1.82) is 0 Å². The van der Waals surface area contributed by atoms with E-state index in [9.17, 15) is 4.79 Å². The molecule has 2 N–H and O–H groups in total. The summed E-state index contributed by atoms with van der Waals surface area (Å²) < 4.78 is 0. The highest BCUT2D eigenvalue weighted by Gasteiger charge is 1.98. The summed E-state index contributed by atoms with van der Waals surface area (Å²) in [6.45, 7) is 2.37. The van der Waals surface area contributed by atoms with Crippen molar-refractivity contribution >= 4 is 23.6 Å². The van der Waals surface area contributed by atoms with Crippen molar-refractivity contribution in [3.8, 4) is 0 Å². The lowest BCUT2D eigenvalue weighted by Crippen LogP contribution is -2.20. The number of benzene rings is 1. The highest BCUT2D eigenvalue weighted by atomic mass is 35.5. The summed E-state index contributed by atoms with van der Waals surface area (Å²) in [4.78, 5) is 11.6. The number of nitrogens with one attached hydrogen (secondary N) is 2. The molecule has 2 aromatic rings. The zero-order valence-corrected chi connectivity index (χ0v) is 11.2. The van der Waals surface area contributed by atoms with Crippen LogP contribution in [0, 0.1) is 6.92 Å². The Kier molecular flexibility index (Phi) is 4.36. The van der Waals surface area contributed by atoms with Crippen LogP contribution in [-0.4, -0.2) is 16.1 Å². The van der Waals surface area contributed by atoms with E-state index in [0.29, 0.717) is 11.6 Å². The Balaban J connectivity index is 1.90. The number of aromatic nitrogens is 2. The summed E-state index contributed by atoms with van der Waals surface area (Å²) in [5.41, 5.74) is 2.77. The van der Waals surface area contributed by atoms with Gasteiger partial charge in [-0.1, -0.05) is 23.7 Å². The standard InChI is InChI=1S/C14H14ClN3O/c1-10-2-3-11(8-13(10)15)4-5-14(19)16-9-12-6-7-17-18-12/h2-8H,9H2,1H3,(H,16,19)(H,17,18)/b5-4+. The number of hydrogen-bond acceptors (Lipinski definition) is 2. The third kappa shape index (κ3) is 3.96. The molecule has 2 rings (SSSR count). The number of carbonyl (C=O) groups excluding carboxylic acids is 1. The lowest BCUT2D eigenvalue weighted by atomic mass is 10.1. The van der Waals surface area contributed by atoms with E-state index in [2.05, 4.69) is 15.5 Å². The molecule has 0 aliphatic heterocycles. The monoisotopic (exact) mass is 275 g/mol. The Labute approximate surface area is 116 Å². The number of carbonyl (C=O) groups is 1. The molecule has 1 aromatic carbocycles. The summed E-state index contributed by atoms with van der Waals surface area (Å²) in [5.74, 6) is -0.161. The van der Waals surface area contributed by atoms with Crippen molar-refractivity contribution in [3.63, 3.8) is 0 Å². The van der Waals surface area contributed by atoms with Crippen LogP contribution in [0.4, 0.5) is 0 Å². The molecule has 0 spiro atoms. The van der Waals surface area contributed by atoms with Crippen molar-refractivity contribution in [2.24, 2.45) is 0 Å². The van der Waals surface area contributed by atoms with Crippen LogP contribution in [0.3, 0.4) is 0 Å². The first-order chi connectivity index (χ1) is 9.15. The molecular weight excluding hydrogens is 262 g/mol. The van der Waals surface area contributed by atoms with E-state index in [1.165, 1.54) is 6.08 Å². The molecule has 0 aliphatic rings. The molecule has 98 valence electrons. The number of H-pyrrole nitrogens is 1. The summed E-state index contributed by atoms with van der Waals surface area (Å²) in [7, 11) is 0. The van der Waals surface area contributed by atoms with E-state index in [4.69, 9.17) is 11.6 Å². The van der Waals surface area contributed by atoms with E-state index in [-0.39, 0.29) is 5.91 Å². The van der Waals surface area contributed by atoms with Gasteiger partial charge < -0.3 is 5.32 Å². The lowest BCUT2D eigenvalue weighted by molar-refractivity contribution is -0.116. The fourth-order valence-corrected chi connectivity index (χ4v) is 1.70. The molecule has 0 atom stereocenters. The van der Waals surface area contributed by atoms with E-state index in [1.54, 1.807) is 12.3 Å². The maximum Gasteiger partial charge on any atom is 0.244 e. The number of nitrogens with zero attached hydrogens (tertiary/aromatic N) is 1. The third-order valence-corrected chi connectivity index (χ3v) is 3.04. The van der Waals surface area contributed by atoms with Crippen molar-refractivity contribution in [2.75, 3.05) is 0 Å². The van der Waals surface area contributed by atoms with Crippen LogP contribution >= 0.6 is 11.6 Å². The SMILES string of the molecule is Cc1ccc(/C=C/C(=O)NCc2ccn[nH]2)cc1Cl. The molecule has 0 bridgehead atoms. The Hall–Kier alpha value is -2.07. The predicted octanol–water partition coefficient (Wildman–Crippen LogP) is 2.70. The minimum absolute atomic E-state index is 0.161. The van der Waals surface area contributed by atoms with Gasteiger partial charge in [0.05, 0.1) is 12.2 Å². The maximum atomic E-state index is 11.6. The molecule has 0 radical (unpaired) electrons. The largest absolute Gasteiger partial charge is 0.347 e. The molecule has 0 saturated carbocycles. The van der Waals surface area contributed by atoms with Crippen molar-refractivity contribution < 1.29 is 4.79 Å². The fourth-order valence-electron chi connectivity index (χ4n) is 1.51. The van der Waals surface area contributed by atoms with Gasteiger partial charge in [0.25, 0.3) is 0 Å². The van der Waals surface area contributed by atoms with Gasteiger partial charge in [0, 0.05) is 17.3 Å². The number of hydrogen-bond donors (Lipinski definition) is 2. The highest BCUT2D eigenvalue weighted by Crippen LogP contribution is 2.17. The first-order valence-electron chi connectivity index (χ1n) is 5.85. The van der Waals surface area contributed by atoms with Crippen LogP contribution in [0.5, 0.6) is 0 Å². The van der Waals surface area contributed by atoms with Gasteiger partial charge in [0.2, 0.25) is 5.91 Å². The number of aromatic amines is 1. The van der Waals surface area contributed by atoms with Gasteiger partial charge >= 0.3 is 0 Å². The first kappa shape index (κ1) is 13.4. The van der Waals surface area contributed by atoms with E-state index >= 15 is 0 Å². The number of halogens is 1. The second-order valence-corrected chi connectivity index (χ2v) is 4.55. The molecule has 0 saturated heterocycles. The van der Waals surface area contributed by atoms with Crippen LogP contribution in [0.25, 0.3) is 6.08 Å². The van der Waals surface area contributed by atoms with Crippen LogP contribution in [-0.2, 0) is 11.3 Å². The second kappa shape index (κ2) is 6.20. The Morgan fingerprint density at radius 2 is 2.32 bits per heavy atom. The normalized spacial score (nSPS) is 10.8. The maximum absolute atomic E-state index is 11.6. The quantitative estimate of drug-likeness (QED) is 0.843. The minimum Gasteiger partial charge on any atom is -0.347 e. The summed E-state index contributed by atoms with van der Waals surface area (Å²) in [5, 5.41) is 10.0. The summed E-state index contributed by atoms with van der Waals surface area (Å²) in [6, 6.07) is 7.48. The molecule has 0 unspecified atom stereocenters. The second-order valence-electron chi connectivity index (χ2n) is 4.14. The lowest BCUT2D eigenvalue weighted by Gasteiger charge is -2.00. The molecule has 1 amide bonds. The number of amides is 1. The van der Waals surface area contributed by atoms with Crippen molar-refractivity contribution in [2.45, 2.75) is 13.5 Å². The minimum atomic E-state index is -0.161. The molecule has 0 aliphatic carbocycles. The molecule has 0 fully saturated rings. The number of rotatable bonds is 4. The van der Waals surface area contributed by atoms with E-state index in [0.717, 1.165) is 16.8 Å². The van der Waals surface area contributed by atoms with Crippen LogP contribution in [0.15, 0.2) is 36.5 Å². The van der Waals surface area contributed by atoms with Gasteiger partial charge in [-0.25, -0.2) is 0 Å². The highest BCUT2D eigenvalue weighted by molar-refractivity contribution is 6.31. The van der Waals surface area contributed by atoms with Crippen LogP contribution in [0.1, 0.15) is 16.8 Å². The number of aryl methyl sites for hydroxylation is 1. The Bertz CT molecular complexity index is 591. The topological polar surface area (TPSA) is 57.8 Å². The average Bonchev–Trinajstić information content (AvgIpc) is 2.91. The van der Waals surface area contributed by atoms with Crippen molar-refractivity contribution in [3.05, 3.63) is 58.4 Å². The molecule has 1 aromatic heterocycles. The third-order valence-electron chi connectivity index (χ3n) is 2.63. The van der Waals surface area contributed by atoms with Gasteiger partial charge in [0.15, 0.2) is 0 Å². The fraction of sp³-hybridized carbons (Fsp3) is 0.143. The van der Waals surface area contributed by atoms with Gasteiger partial charge in [-0.15, -0.1) is 0 Å². The van der Waals surface area contributed by atoms with Gasteiger partial charge in [-0.05, 0) is 36.3 Å². The molecule has 5 heteroatoms. The van der Waals surface area contributed by atoms with E-state index < -0.39 is 0 Å². The predicted molar refractivity (Wildman–Crippen MR) is 75.7 cm³/mol. The van der Waals surface area contributed by atoms with Gasteiger partial charge in [-0.2, -0.15) is 5.10 Å². The Morgan fingerprint density at radius 3 is 3.00 bits per heavy atom. The summed E-state index contributed by atoms with van der Waals surface area (Å²) >= 11 is 6.01. The van der Waals surface area contributed by atoms with Crippen LogP contribution in [0.2, 0.25) is 5.02 Å². The molecule has 19 heavy (non-hydrogen) atoms. The zero-order valence-electron chi connectivity index (χ0n) is 10.5. The summed E-state index contributed by atoms with van der Waals surface area (Å²) in [6.07, 6.45) is 4.86. The molecule has 1 heterocycles. The van der Waals surface area contributed by atoms with Gasteiger partial charge in [0.1, 0.15) is 0 Å². The van der Waals surface area contributed by atoms with Crippen molar-refractivity contribution in [1.82, 2.24) is 15.5 Å². The Morgan fingerprint density at radius 1 is 1.47 bits per heavy atom. The average molecular weight is 276 g/mol.